The number of ether oxygens (including phenoxy) is 1. The van der Waals surface area contributed by atoms with Gasteiger partial charge < -0.3 is 19.7 Å². The van der Waals surface area contributed by atoms with Crippen LogP contribution in [0.3, 0.4) is 0 Å². The van der Waals surface area contributed by atoms with Crippen LogP contribution in [0.15, 0.2) is 30.3 Å². The summed E-state index contributed by atoms with van der Waals surface area (Å²) in [6.45, 7) is 8.01. The molecule has 1 amide bonds. The third kappa shape index (κ3) is 6.87. The van der Waals surface area contributed by atoms with Crippen molar-refractivity contribution >= 4 is 17.0 Å². The first-order valence-corrected chi connectivity index (χ1v) is 10.8. The van der Waals surface area contributed by atoms with Gasteiger partial charge in [-0.3, -0.25) is 9.00 Å². The molecule has 29 heavy (non-hydrogen) atoms. The molecule has 0 fully saturated rings. The van der Waals surface area contributed by atoms with Gasteiger partial charge in [0.1, 0.15) is 11.5 Å². The molecule has 6 nitrogen and oxygen atoms in total. The van der Waals surface area contributed by atoms with Gasteiger partial charge in [-0.1, -0.05) is 37.1 Å². The zero-order valence-electron chi connectivity index (χ0n) is 17.3. The molecule has 0 aliphatic rings. The van der Waals surface area contributed by atoms with Gasteiger partial charge >= 0.3 is 0 Å². The van der Waals surface area contributed by atoms with Crippen molar-refractivity contribution in [3.8, 4) is 11.5 Å². The Hall–Kier alpha value is -2.38. The smallest absolute Gasteiger partial charge is 0.257 e. The van der Waals surface area contributed by atoms with E-state index in [9.17, 15) is 18.7 Å². The maximum Gasteiger partial charge on any atom is 0.257 e. The van der Waals surface area contributed by atoms with Crippen LogP contribution >= 0.6 is 0 Å². The summed E-state index contributed by atoms with van der Waals surface area (Å²) in [4.78, 5) is 11.7. The van der Waals surface area contributed by atoms with E-state index >= 15 is 0 Å². The van der Waals surface area contributed by atoms with Crippen LogP contribution in [0.4, 0.5) is 0 Å². The van der Waals surface area contributed by atoms with Gasteiger partial charge in [0.2, 0.25) is 0 Å². The molecule has 0 radical (unpaired) electrons. The van der Waals surface area contributed by atoms with E-state index in [-0.39, 0.29) is 30.7 Å². The SMILES string of the molecule is Cc1cc(OCC(=O)NCCS(=O)[O-])cc(C)c1Cc1ccc(O)c(C(C)C)c1. The summed E-state index contributed by atoms with van der Waals surface area (Å²) in [5.41, 5.74) is 5.36. The maximum absolute atomic E-state index is 11.7. The molecule has 0 saturated carbocycles. The first-order valence-electron chi connectivity index (χ1n) is 9.54. The van der Waals surface area contributed by atoms with Gasteiger partial charge in [-0.25, -0.2) is 0 Å². The second kappa shape index (κ2) is 10.4. The van der Waals surface area contributed by atoms with Gasteiger partial charge in [-0.05, 0) is 72.2 Å². The number of carbonyl (C=O) groups excluding carboxylic acids is 1. The monoisotopic (exact) mass is 418 g/mol. The van der Waals surface area contributed by atoms with Crippen molar-refractivity contribution in [1.29, 1.82) is 0 Å². The Morgan fingerprint density at radius 1 is 1.21 bits per heavy atom. The standard InChI is InChI=1S/C22H29NO5S/c1-14(2)19-11-17(5-6-21(19)24)12-20-15(3)9-18(10-16(20)4)28-13-22(25)23-7-8-29(26)27/h5-6,9-11,14,24H,7-8,12-13H2,1-4H3,(H,23,25)(H,26,27)/p-1. The molecule has 158 valence electrons. The second-order valence-electron chi connectivity index (χ2n) is 7.41. The molecular formula is C22H28NO5S-. The molecule has 0 aliphatic carbocycles. The van der Waals surface area contributed by atoms with Crippen molar-refractivity contribution in [2.75, 3.05) is 18.9 Å². The van der Waals surface area contributed by atoms with Crippen molar-refractivity contribution < 1.29 is 23.4 Å². The van der Waals surface area contributed by atoms with Crippen molar-refractivity contribution in [3.05, 3.63) is 58.1 Å². The summed E-state index contributed by atoms with van der Waals surface area (Å²) in [5.74, 6) is 0.683. The highest BCUT2D eigenvalue weighted by molar-refractivity contribution is 7.79. The molecule has 1 atom stereocenters. The lowest BCUT2D eigenvalue weighted by molar-refractivity contribution is -0.122. The Kier molecular flexibility index (Phi) is 8.22. The second-order valence-corrected chi connectivity index (χ2v) is 8.42. The number of carbonyl (C=O) groups is 1. The number of aryl methyl sites for hydroxylation is 2. The maximum atomic E-state index is 11.7. The van der Waals surface area contributed by atoms with Crippen molar-refractivity contribution in [3.63, 3.8) is 0 Å². The zero-order chi connectivity index (χ0) is 21.6. The summed E-state index contributed by atoms with van der Waals surface area (Å²) in [5, 5.41) is 12.5. The van der Waals surface area contributed by atoms with E-state index in [1.807, 2.05) is 38.1 Å². The van der Waals surface area contributed by atoms with Crippen LogP contribution in [0.25, 0.3) is 0 Å². The summed E-state index contributed by atoms with van der Waals surface area (Å²) in [7, 11) is 0. The Labute approximate surface area is 174 Å². The molecule has 0 bridgehead atoms. The fourth-order valence-corrected chi connectivity index (χ4v) is 3.44. The quantitative estimate of drug-likeness (QED) is 0.610. The number of aromatic hydroxyl groups is 1. The highest BCUT2D eigenvalue weighted by Crippen LogP contribution is 2.29. The molecule has 1 unspecified atom stereocenters. The van der Waals surface area contributed by atoms with E-state index in [4.69, 9.17) is 4.74 Å². The Bertz CT molecular complexity index is 872. The fourth-order valence-electron chi connectivity index (χ4n) is 3.17. The molecule has 7 heteroatoms. The number of phenols is 1. The average molecular weight is 419 g/mol. The Morgan fingerprint density at radius 3 is 2.45 bits per heavy atom. The van der Waals surface area contributed by atoms with Crippen LogP contribution in [0, 0.1) is 13.8 Å². The molecule has 0 spiro atoms. The zero-order valence-corrected chi connectivity index (χ0v) is 18.1. The number of phenolic OH excluding ortho intramolecular Hbond substituents is 1. The van der Waals surface area contributed by atoms with E-state index in [0.717, 1.165) is 28.7 Å². The number of amides is 1. The molecule has 2 rings (SSSR count). The lowest BCUT2D eigenvalue weighted by Gasteiger charge is -2.15. The predicted molar refractivity (Wildman–Crippen MR) is 113 cm³/mol. The third-order valence-electron chi connectivity index (χ3n) is 4.73. The van der Waals surface area contributed by atoms with Gasteiger partial charge in [0.15, 0.2) is 6.61 Å². The van der Waals surface area contributed by atoms with Gasteiger partial charge in [-0.15, -0.1) is 0 Å². The molecule has 0 aliphatic heterocycles. The minimum atomic E-state index is -2.17. The number of benzene rings is 2. The summed E-state index contributed by atoms with van der Waals surface area (Å²) >= 11 is -2.17. The van der Waals surface area contributed by atoms with Gasteiger partial charge in [0, 0.05) is 12.3 Å². The number of nitrogens with one attached hydrogen (secondary N) is 1. The predicted octanol–water partition coefficient (Wildman–Crippen LogP) is 3.10. The van der Waals surface area contributed by atoms with E-state index in [1.54, 1.807) is 6.07 Å². The van der Waals surface area contributed by atoms with Gasteiger partial charge in [0.05, 0.1) is 0 Å². The normalized spacial score (nSPS) is 12.1. The minimum Gasteiger partial charge on any atom is -0.772 e. The lowest BCUT2D eigenvalue weighted by Crippen LogP contribution is -2.31. The molecule has 2 N–H and O–H groups in total. The molecule has 2 aromatic rings. The van der Waals surface area contributed by atoms with Crippen molar-refractivity contribution in [2.24, 2.45) is 0 Å². The van der Waals surface area contributed by atoms with E-state index in [0.29, 0.717) is 11.5 Å². The lowest BCUT2D eigenvalue weighted by atomic mass is 9.93. The third-order valence-corrected chi connectivity index (χ3v) is 5.26. The number of rotatable bonds is 9. The van der Waals surface area contributed by atoms with E-state index in [2.05, 4.69) is 19.2 Å². The van der Waals surface area contributed by atoms with Crippen LogP contribution in [-0.4, -0.2) is 38.7 Å². The molecule has 2 aromatic carbocycles. The van der Waals surface area contributed by atoms with Crippen LogP contribution in [0.5, 0.6) is 11.5 Å². The highest BCUT2D eigenvalue weighted by atomic mass is 32.2. The largest absolute Gasteiger partial charge is 0.772 e. The minimum absolute atomic E-state index is 0.0697. The first-order chi connectivity index (χ1) is 13.7. The summed E-state index contributed by atoms with van der Waals surface area (Å²) in [6.07, 6.45) is 0.741. The number of hydrogen-bond acceptors (Lipinski definition) is 5. The van der Waals surface area contributed by atoms with Crippen LogP contribution in [-0.2, 0) is 22.3 Å². The van der Waals surface area contributed by atoms with Gasteiger partial charge in [-0.2, -0.15) is 0 Å². The van der Waals surface area contributed by atoms with Crippen molar-refractivity contribution in [1.82, 2.24) is 5.32 Å². The van der Waals surface area contributed by atoms with Crippen molar-refractivity contribution in [2.45, 2.75) is 40.0 Å². The van der Waals surface area contributed by atoms with E-state index in [1.165, 1.54) is 5.56 Å². The van der Waals surface area contributed by atoms with Crippen LogP contribution in [0.1, 0.15) is 47.6 Å². The van der Waals surface area contributed by atoms with E-state index < -0.39 is 11.1 Å². The molecule has 0 heterocycles. The Morgan fingerprint density at radius 2 is 1.86 bits per heavy atom. The fraction of sp³-hybridized carbons (Fsp3) is 0.409. The molecular weight excluding hydrogens is 390 g/mol. The summed E-state index contributed by atoms with van der Waals surface area (Å²) in [6, 6.07) is 9.51. The molecule has 0 aromatic heterocycles. The topological polar surface area (TPSA) is 98.7 Å². The molecule has 0 saturated heterocycles. The highest BCUT2D eigenvalue weighted by Gasteiger charge is 2.11. The average Bonchev–Trinajstić information content (AvgIpc) is 2.63. The summed E-state index contributed by atoms with van der Waals surface area (Å²) < 4.78 is 26.5. The first kappa shape index (κ1) is 22.9. The van der Waals surface area contributed by atoms with Crippen LogP contribution in [0.2, 0.25) is 0 Å². The Balaban J connectivity index is 2.05. The number of hydrogen-bond donors (Lipinski definition) is 2. The van der Waals surface area contributed by atoms with Crippen LogP contribution < -0.4 is 10.1 Å². The van der Waals surface area contributed by atoms with Gasteiger partial charge in [0.25, 0.3) is 5.91 Å².